The van der Waals surface area contributed by atoms with Gasteiger partial charge in [-0.1, -0.05) is 16.9 Å². The number of rotatable bonds is 5. The summed E-state index contributed by atoms with van der Waals surface area (Å²) in [6.45, 7) is 1.77. The SMILES string of the molecule is CCn1c(SCc2ccsc2-c2ncon2)nnc1C(F)(F)F. The Morgan fingerprint density at radius 2 is 2.17 bits per heavy atom. The molecule has 3 aromatic rings. The van der Waals surface area contributed by atoms with E-state index in [4.69, 9.17) is 4.52 Å². The van der Waals surface area contributed by atoms with E-state index in [1.165, 1.54) is 29.5 Å². The monoisotopic (exact) mass is 361 g/mol. The van der Waals surface area contributed by atoms with Crippen LogP contribution in [-0.4, -0.2) is 24.9 Å². The second-order valence-corrected chi connectivity index (χ2v) is 6.23. The van der Waals surface area contributed by atoms with E-state index < -0.39 is 12.0 Å². The Kier molecular flexibility index (Phi) is 4.39. The van der Waals surface area contributed by atoms with Crippen LogP contribution in [0.25, 0.3) is 10.7 Å². The van der Waals surface area contributed by atoms with E-state index in [1.807, 2.05) is 11.4 Å². The summed E-state index contributed by atoms with van der Waals surface area (Å²) in [5.41, 5.74) is 0.903. The van der Waals surface area contributed by atoms with E-state index in [-0.39, 0.29) is 11.7 Å². The average Bonchev–Trinajstić information content (AvgIpc) is 3.22. The molecule has 0 radical (unpaired) electrons. The molecule has 0 spiro atoms. The lowest BCUT2D eigenvalue weighted by Gasteiger charge is -2.09. The molecule has 0 aliphatic rings. The maximum absolute atomic E-state index is 12.9. The predicted molar refractivity (Wildman–Crippen MR) is 77.9 cm³/mol. The van der Waals surface area contributed by atoms with Gasteiger partial charge in [0.1, 0.15) is 0 Å². The Balaban J connectivity index is 1.80. The fourth-order valence-electron chi connectivity index (χ4n) is 1.95. The number of thioether (sulfide) groups is 1. The van der Waals surface area contributed by atoms with Gasteiger partial charge in [0, 0.05) is 12.3 Å². The molecule has 0 atom stereocenters. The molecule has 122 valence electrons. The minimum absolute atomic E-state index is 0.144. The standard InChI is InChI=1S/C12H10F3N5OS2/c1-2-20-10(12(13,14)15)17-18-11(20)23-5-7-3-4-22-8(7)9-16-6-21-19-9/h3-4,6H,2,5H2,1H3. The summed E-state index contributed by atoms with van der Waals surface area (Å²) in [7, 11) is 0. The van der Waals surface area contributed by atoms with Crippen molar-refractivity contribution in [1.29, 1.82) is 0 Å². The quantitative estimate of drug-likeness (QED) is 0.645. The molecule has 0 aromatic carbocycles. The van der Waals surface area contributed by atoms with Gasteiger partial charge in [0.15, 0.2) is 5.16 Å². The van der Waals surface area contributed by atoms with Gasteiger partial charge in [-0.05, 0) is 23.9 Å². The Labute approximate surface area is 136 Å². The molecule has 0 aliphatic heterocycles. The Hall–Kier alpha value is -1.88. The minimum atomic E-state index is -4.51. The summed E-state index contributed by atoms with van der Waals surface area (Å²) >= 11 is 2.63. The molecule has 6 nitrogen and oxygen atoms in total. The molecule has 23 heavy (non-hydrogen) atoms. The molecular weight excluding hydrogens is 351 g/mol. The summed E-state index contributed by atoms with van der Waals surface area (Å²) in [4.78, 5) is 4.81. The molecule has 0 bridgehead atoms. The van der Waals surface area contributed by atoms with Crippen LogP contribution in [0.15, 0.2) is 27.5 Å². The van der Waals surface area contributed by atoms with Gasteiger partial charge in [0.25, 0.3) is 0 Å². The summed E-state index contributed by atoms with van der Waals surface area (Å²) in [6.07, 6.45) is -3.28. The van der Waals surface area contributed by atoms with Crippen LogP contribution >= 0.6 is 23.1 Å². The average molecular weight is 361 g/mol. The van der Waals surface area contributed by atoms with Crippen LogP contribution in [0.1, 0.15) is 18.3 Å². The van der Waals surface area contributed by atoms with E-state index in [1.54, 1.807) is 6.92 Å². The van der Waals surface area contributed by atoms with Crippen molar-refractivity contribution in [3.05, 3.63) is 29.2 Å². The first-order chi connectivity index (χ1) is 11.0. The Bertz CT molecular complexity index is 781. The minimum Gasteiger partial charge on any atom is -0.342 e. The van der Waals surface area contributed by atoms with Crippen LogP contribution in [0.2, 0.25) is 0 Å². The lowest BCUT2D eigenvalue weighted by molar-refractivity contribution is -0.147. The van der Waals surface area contributed by atoms with Crippen molar-refractivity contribution < 1.29 is 17.7 Å². The maximum Gasteiger partial charge on any atom is 0.451 e. The van der Waals surface area contributed by atoms with Crippen LogP contribution in [0.5, 0.6) is 0 Å². The highest BCUT2D eigenvalue weighted by molar-refractivity contribution is 7.98. The zero-order chi connectivity index (χ0) is 16.4. The van der Waals surface area contributed by atoms with Gasteiger partial charge in [0.2, 0.25) is 18.0 Å². The molecule has 0 aliphatic carbocycles. The van der Waals surface area contributed by atoms with Crippen molar-refractivity contribution in [1.82, 2.24) is 24.9 Å². The van der Waals surface area contributed by atoms with E-state index in [0.717, 1.165) is 15.0 Å². The van der Waals surface area contributed by atoms with E-state index >= 15 is 0 Å². The summed E-state index contributed by atoms with van der Waals surface area (Å²) in [5, 5.41) is 12.8. The van der Waals surface area contributed by atoms with Gasteiger partial charge >= 0.3 is 6.18 Å². The molecule has 0 fully saturated rings. The number of hydrogen-bond donors (Lipinski definition) is 0. The van der Waals surface area contributed by atoms with Crippen LogP contribution in [0, 0.1) is 0 Å². The Morgan fingerprint density at radius 1 is 1.35 bits per heavy atom. The zero-order valence-electron chi connectivity index (χ0n) is 11.7. The third-order valence-electron chi connectivity index (χ3n) is 2.95. The normalized spacial score (nSPS) is 12.0. The second kappa shape index (κ2) is 6.32. The number of halogens is 3. The van der Waals surface area contributed by atoms with Gasteiger partial charge in [-0.3, -0.25) is 4.57 Å². The first kappa shape index (κ1) is 16.0. The second-order valence-electron chi connectivity index (χ2n) is 4.37. The highest BCUT2D eigenvalue weighted by Crippen LogP contribution is 2.34. The van der Waals surface area contributed by atoms with Gasteiger partial charge < -0.3 is 4.52 Å². The summed E-state index contributed by atoms with van der Waals surface area (Å²) < 4.78 is 44.3. The number of alkyl halides is 3. The highest BCUT2D eigenvalue weighted by Gasteiger charge is 2.38. The number of thiophene rings is 1. The van der Waals surface area contributed by atoms with Crippen LogP contribution in [-0.2, 0) is 18.5 Å². The lowest BCUT2D eigenvalue weighted by Crippen LogP contribution is -2.14. The van der Waals surface area contributed by atoms with Gasteiger partial charge in [0.05, 0.1) is 4.88 Å². The van der Waals surface area contributed by atoms with Crippen molar-refractivity contribution in [2.75, 3.05) is 0 Å². The maximum atomic E-state index is 12.9. The molecule has 11 heteroatoms. The molecule has 0 N–H and O–H groups in total. The smallest absolute Gasteiger partial charge is 0.342 e. The zero-order valence-corrected chi connectivity index (χ0v) is 13.4. The largest absolute Gasteiger partial charge is 0.451 e. The van der Waals surface area contributed by atoms with Crippen LogP contribution < -0.4 is 0 Å². The molecule has 0 saturated heterocycles. The first-order valence-electron chi connectivity index (χ1n) is 6.47. The number of nitrogens with zero attached hydrogens (tertiary/aromatic N) is 5. The van der Waals surface area contributed by atoms with Gasteiger partial charge in [-0.2, -0.15) is 18.2 Å². The van der Waals surface area contributed by atoms with Gasteiger partial charge in [-0.15, -0.1) is 21.5 Å². The van der Waals surface area contributed by atoms with Crippen LogP contribution in [0.4, 0.5) is 13.2 Å². The van der Waals surface area contributed by atoms with E-state index in [9.17, 15) is 13.2 Å². The Morgan fingerprint density at radius 3 is 2.83 bits per heavy atom. The molecule has 0 unspecified atom stereocenters. The predicted octanol–water partition coefficient (Wildman–Crippen LogP) is 3.72. The van der Waals surface area contributed by atoms with E-state index in [2.05, 4.69) is 20.3 Å². The third kappa shape index (κ3) is 3.24. The van der Waals surface area contributed by atoms with Crippen molar-refractivity contribution in [2.45, 2.75) is 30.6 Å². The molecule has 3 rings (SSSR count). The molecule has 3 heterocycles. The van der Waals surface area contributed by atoms with Crippen molar-refractivity contribution in [2.24, 2.45) is 0 Å². The molecule has 0 saturated carbocycles. The van der Waals surface area contributed by atoms with Gasteiger partial charge in [-0.25, -0.2) is 0 Å². The fraction of sp³-hybridized carbons (Fsp3) is 0.333. The van der Waals surface area contributed by atoms with E-state index in [0.29, 0.717) is 11.6 Å². The third-order valence-corrected chi connectivity index (χ3v) is 4.92. The lowest BCUT2D eigenvalue weighted by atomic mass is 10.3. The number of aromatic nitrogens is 5. The topological polar surface area (TPSA) is 69.6 Å². The fourth-order valence-corrected chi connectivity index (χ4v) is 3.89. The molecule has 0 amide bonds. The first-order valence-corrected chi connectivity index (χ1v) is 8.33. The van der Waals surface area contributed by atoms with Crippen molar-refractivity contribution in [3.63, 3.8) is 0 Å². The highest BCUT2D eigenvalue weighted by atomic mass is 32.2. The van der Waals surface area contributed by atoms with Crippen molar-refractivity contribution in [3.8, 4) is 10.7 Å². The van der Waals surface area contributed by atoms with Crippen LogP contribution in [0.3, 0.4) is 0 Å². The molecule has 3 aromatic heterocycles. The summed E-state index contributed by atoms with van der Waals surface area (Å²) in [6, 6.07) is 1.88. The summed E-state index contributed by atoms with van der Waals surface area (Å²) in [5.74, 6) is -0.0849. The number of hydrogen-bond acceptors (Lipinski definition) is 7. The van der Waals surface area contributed by atoms with Crippen molar-refractivity contribution >= 4 is 23.1 Å². The molecular formula is C12H10F3N5OS2.